The predicted octanol–water partition coefficient (Wildman–Crippen LogP) is 0.864. The quantitative estimate of drug-likeness (QED) is 0.298. The van der Waals surface area contributed by atoms with Crippen LogP contribution in [0.2, 0.25) is 0 Å². The van der Waals surface area contributed by atoms with Gasteiger partial charge in [0, 0.05) is 13.1 Å². The first-order valence-corrected chi connectivity index (χ1v) is 7.31. The molecule has 6 nitrogen and oxygen atoms in total. The molecule has 8 heteroatoms. The molecule has 0 bridgehead atoms. The average Bonchev–Trinajstić information content (AvgIpc) is 2.37. The Morgan fingerprint density at radius 1 is 0.895 bits per heavy atom. The summed E-state index contributed by atoms with van der Waals surface area (Å²) < 4.78 is 15.9. The molecule has 0 saturated heterocycles. The monoisotopic (exact) mass is 308 g/mol. The van der Waals surface area contributed by atoms with E-state index in [1.807, 2.05) is 0 Å². The highest BCUT2D eigenvalue weighted by Crippen LogP contribution is 2.21. The third kappa shape index (κ3) is 6.51. The van der Waals surface area contributed by atoms with Crippen molar-refractivity contribution in [2.24, 2.45) is 9.98 Å². The van der Waals surface area contributed by atoms with Gasteiger partial charge in [0.05, 0.1) is 9.49 Å². The molecule has 0 fully saturated rings. The topological polar surface area (TPSA) is 111 Å². The van der Waals surface area contributed by atoms with Crippen molar-refractivity contribution in [3.05, 3.63) is 0 Å². The van der Waals surface area contributed by atoms with Gasteiger partial charge in [-0.2, -0.15) is 0 Å². The van der Waals surface area contributed by atoms with Crippen LogP contribution in [0.3, 0.4) is 0 Å². The molecule has 0 rings (SSSR count). The van der Waals surface area contributed by atoms with Crippen molar-refractivity contribution < 1.29 is 19.3 Å². The van der Waals surface area contributed by atoms with Gasteiger partial charge in [-0.25, -0.2) is 0 Å². The first-order chi connectivity index (χ1) is 8.67. The molecule has 0 radical (unpaired) electrons. The van der Waals surface area contributed by atoms with Gasteiger partial charge in [0.25, 0.3) is 0 Å². The summed E-state index contributed by atoms with van der Waals surface area (Å²) >= 11 is 0.918. The van der Waals surface area contributed by atoms with E-state index in [1.165, 1.54) is 0 Å². The molecule has 0 aromatic rings. The standard InChI is InChI=1S/C11H22N2O4S2/c1-10(2,18-16)8(14)12-6-5-7-13-9(15)11(3,4)19-17/h16-17H,5-7H2,1-4H3,(H,12,14)(H,13,15)/p-2. The van der Waals surface area contributed by atoms with Gasteiger partial charge in [-0.1, -0.05) is 0 Å². The van der Waals surface area contributed by atoms with Gasteiger partial charge in [-0.15, -0.1) is 0 Å². The van der Waals surface area contributed by atoms with E-state index < -0.39 is 21.3 Å². The number of hydrogen-bond acceptors (Lipinski definition) is 8. The Labute approximate surface area is 122 Å². The zero-order valence-corrected chi connectivity index (χ0v) is 13.2. The highest BCUT2D eigenvalue weighted by Gasteiger charge is 2.18. The molecular weight excluding hydrogens is 288 g/mol. The molecule has 0 heterocycles. The van der Waals surface area contributed by atoms with Crippen molar-refractivity contribution in [1.82, 2.24) is 0 Å². The van der Waals surface area contributed by atoms with E-state index >= 15 is 0 Å². The van der Waals surface area contributed by atoms with Crippen LogP contribution in [-0.2, 0) is 0 Å². The van der Waals surface area contributed by atoms with Gasteiger partial charge in [-0.3, -0.25) is 0 Å². The number of rotatable bonds is 8. The fraction of sp³-hybridized carbons (Fsp3) is 0.818. The van der Waals surface area contributed by atoms with E-state index in [4.69, 9.17) is 9.11 Å². The highest BCUT2D eigenvalue weighted by atomic mass is 32.2. The maximum atomic E-state index is 11.5. The zero-order chi connectivity index (χ0) is 15.1. The van der Waals surface area contributed by atoms with Crippen molar-refractivity contribution >= 4 is 35.9 Å². The lowest BCUT2D eigenvalue weighted by Crippen LogP contribution is -2.38. The highest BCUT2D eigenvalue weighted by molar-refractivity contribution is 7.96. The number of aliphatic imine (C=N–C) groups is 2. The van der Waals surface area contributed by atoms with Crippen LogP contribution >= 0.6 is 24.1 Å². The summed E-state index contributed by atoms with van der Waals surface area (Å²) in [6.45, 7) is 6.84. The lowest BCUT2D eigenvalue weighted by Gasteiger charge is -2.27. The molecule has 0 aliphatic heterocycles. The minimum Gasteiger partial charge on any atom is -0.861 e. The molecule has 0 saturated carbocycles. The molecule has 2 N–H and O–H groups in total. The van der Waals surface area contributed by atoms with Crippen molar-refractivity contribution in [1.29, 1.82) is 0 Å². The van der Waals surface area contributed by atoms with Crippen molar-refractivity contribution in [3.63, 3.8) is 0 Å². The smallest absolute Gasteiger partial charge is 0.0638 e. The van der Waals surface area contributed by atoms with Crippen LogP contribution in [0.5, 0.6) is 0 Å². The Morgan fingerprint density at radius 3 is 1.47 bits per heavy atom. The molecule has 19 heavy (non-hydrogen) atoms. The number of hydrogen-bond donors (Lipinski definition) is 2. The Morgan fingerprint density at radius 2 is 1.21 bits per heavy atom. The molecule has 0 atom stereocenters. The van der Waals surface area contributed by atoms with E-state index in [0.717, 1.165) is 0 Å². The lowest BCUT2D eigenvalue weighted by molar-refractivity contribution is -0.221. The Kier molecular flexibility index (Phi) is 7.80. The van der Waals surface area contributed by atoms with E-state index in [2.05, 4.69) is 9.98 Å². The number of nitrogens with zero attached hydrogens (tertiary/aromatic N) is 2. The van der Waals surface area contributed by atoms with Gasteiger partial charge < -0.3 is 29.3 Å². The van der Waals surface area contributed by atoms with Crippen LogP contribution in [0.25, 0.3) is 0 Å². The van der Waals surface area contributed by atoms with Crippen LogP contribution in [0.15, 0.2) is 9.98 Å². The molecule has 0 aromatic heterocycles. The molecule has 0 aromatic carbocycles. The lowest BCUT2D eigenvalue weighted by atomic mass is 10.2. The van der Waals surface area contributed by atoms with Crippen LogP contribution in [0.4, 0.5) is 0 Å². The van der Waals surface area contributed by atoms with Crippen LogP contribution < -0.4 is 10.2 Å². The molecule has 0 aliphatic rings. The van der Waals surface area contributed by atoms with Crippen LogP contribution in [0.1, 0.15) is 34.1 Å². The zero-order valence-electron chi connectivity index (χ0n) is 11.5. The molecule has 0 spiro atoms. The fourth-order valence-corrected chi connectivity index (χ4v) is 1.18. The summed E-state index contributed by atoms with van der Waals surface area (Å²) in [5.74, 6) is -0.782. The maximum Gasteiger partial charge on any atom is 0.0638 e. The molecule has 0 unspecified atom stereocenters. The first-order valence-electron chi connectivity index (χ1n) is 5.76. The third-order valence-corrected chi connectivity index (χ3v) is 3.58. The summed E-state index contributed by atoms with van der Waals surface area (Å²) in [6, 6.07) is 0. The average molecular weight is 308 g/mol. The van der Waals surface area contributed by atoms with Crippen LogP contribution in [-0.4, -0.2) is 43.5 Å². The van der Waals surface area contributed by atoms with Gasteiger partial charge in [0.1, 0.15) is 0 Å². The van der Waals surface area contributed by atoms with Crippen molar-refractivity contribution in [2.75, 3.05) is 13.1 Å². The van der Waals surface area contributed by atoms with E-state index in [1.54, 1.807) is 27.7 Å². The fourth-order valence-electron chi connectivity index (χ4n) is 0.891. The van der Waals surface area contributed by atoms with E-state index in [0.29, 0.717) is 30.5 Å². The Balaban J connectivity index is 4.20. The van der Waals surface area contributed by atoms with Gasteiger partial charge in [0.15, 0.2) is 0 Å². The predicted molar refractivity (Wildman–Crippen MR) is 77.8 cm³/mol. The van der Waals surface area contributed by atoms with Crippen molar-refractivity contribution in [3.8, 4) is 0 Å². The molecular formula is C11H20N2O4S2-2. The largest absolute Gasteiger partial charge is 0.861 e. The second-order valence-electron chi connectivity index (χ2n) is 4.93. The normalized spacial score (nSPS) is 14.8. The SMILES string of the molecule is CC(C)(SO)C([O-])=NCCCN=C([O-])C(C)(C)SO. The van der Waals surface area contributed by atoms with Gasteiger partial charge in [0.2, 0.25) is 0 Å². The third-order valence-electron chi connectivity index (χ3n) is 2.31. The summed E-state index contributed by atoms with van der Waals surface area (Å²) in [5.41, 5.74) is 0. The molecule has 112 valence electrons. The molecule has 0 aliphatic carbocycles. The van der Waals surface area contributed by atoms with Gasteiger partial charge in [-0.05, 0) is 70.0 Å². The molecule has 0 amide bonds. The summed E-state index contributed by atoms with van der Waals surface area (Å²) in [6.07, 6.45) is 0.468. The second-order valence-corrected chi connectivity index (χ2v) is 7.34. The second kappa shape index (κ2) is 7.98. The van der Waals surface area contributed by atoms with E-state index in [-0.39, 0.29) is 13.1 Å². The maximum absolute atomic E-state index is 11.5. The van der Waals surface area contributed by atoms with E-state index in [9.17, 15) is 10.2 Å². The minimum atomic E-state index is -0.942. The minimum absolute atomic E-state index is 0.256. The summed E-state index contributed by atoms with van der Waals surface area (Å²) in [4.78, 5) is 7.60. The summed E-state index contributed by atoms with van der Waals surface area (Å²) in [7, 11) is 0. The first kappa shape index (κ1) is 18.6. The summed E-state index contributed by atoms with van der Waals surface area (Å²) in [5, 5.41) is 23.0. The van der Waals surface area contributed by atoms with Gasteiger partial charge >= 0.3 is 0 Å². The van der Waals surface area contributed by atoms with Crippen LogP contribution in [0, 0.1) is 0 Å². The Hall–Kier alpha value is -0.440. The Bertz CT molecular complexity index is 312. The van der Waals surface area contributed by atoms with Crippen molar-refractivity contribution in [2.45, 2.75) is 43.6 Å².